The van der Waals surface area contributed by atoms with Crippen LogP contribution in [-0.2, 0) is 21.2 Å². The molecule has 0 aliphatic carbocycles. The molecule has 3 rings (SSSR count). The van der Waals surface area contributed by atoms with Gasteiger partial charge in [-0.2, -0.15) is 4.31 Å². The van der Waals surface area contributed by atoms with E-state index in [4.69, 9.17) is 11.6 Å². The van der Waals surface area contributed by atoms with E-state index in [1.54, 1.807) is 35.2 Å². The van der Waals surface area contributed by atoms with Crippen LogP contribution in [0.15, 0.2) is 53.4 Å². The summed E-state index contributed by atoms with van der Waals surface area (Å²) in [7, 11) is -3.67. The van der Waals surface area contributed by atoms with Crippen LogP contribution in [0, 0.1) is 5.82 Å². The molecule has 0 spiro atoms. The van der Waals surface area contributed by atoms with Crippen molar-refractivity contribution in [2.24, 2.45) is 0 Å². The molecule has 2 aromatic rings. The first-order valence-corrected chi connectivity index (χ1v) is 10.5. The van der Waals surface area contributed by atoms with E-state index in [2.05, 4.69) is 0 Å². The van der Waals surface area contributed by atoms with Crippen LogP contribution in [-0.4, -0.2) is 49.7 Å². The summed E-state index contributed by atoms with van der Waals surface area (Å²) in [6, 6.07) is 12.4. The second kappa shape index (κ2) is 8.37. The zero-order valence-electron chi connectivity index (χ0n) is 14.6. The number of hydrogen-bond acceptors (Lipinski definition) is 3. The van der Waals surface area contributed by atoms with Crippen LogP contribution in [0.25, 0.3) is 0 Å². The molecule has 8 heteroatoms. The first-order valence-electron chi connectivity index (χ1n) is 8.65. The Balaban J connectivity index is 1.56. The molecule has 0 saturated carbocycles. The van der Waals surface area contributed by atoms with Crippen molar-refractivity contribution in [1.82, 2.24) is 9.21 Å². The number of benzene rings is 2. The van der Waals surface area contributed by atoms with E-state index in [-0.39, 0.29) is 34.7 Å². The van der Waals surface area contributed by atoms with E-state index in [0.717, 1.165) is 5.56 Å². The highest BCUT2D eigenvalue weighted by molar-refractivity contribution is 7.89. The molecule has 1 fully saturated rings. The Labute approximate surface area is 163 Å². The maximum atomic E-state index is 12.9. The lowest BCUT2D eigenvalue weighted by atomic mass is 10.1. The first kappa shape index (κ1) is 19.8. The Morgan fingerprint density at radius 2 is 1.63 bits per heavy atom. The van der Waals surface area contributed by atoms with Gasteiger partial charge in [0.2, 0.25) is 15.9 Å². The van der Waals surface area contributed by atoms with E-state index in [9.17, 15) is 17.6 Å². The molecule has 1 amide bonds. The van der Waals surface area contributed by atoms with Crippen molar-refractivity contribution in [3.05, 3.63) is 64.9 Å². The van der Waals surface area contributed by atoms with Crippen molar-refractivity contribution >= 4 is 27.5 Å². The molecule has 0 radical (unpaired) electrons. The molecule has 5 nitrogen and oxygen atoms in total. The number of nitrogens with zero attached hydrogens (tertiary/aromatic N) is 2. The van der Waals surface area contributed by atoms with Gasteiger partial charge in [-0.1, -0.05) is 35.9 Å². The molecule has 1 aliphatic heterocycles. The van der Waals surface area contributed by atoms with Gasteiger partial charge in [-0.05, 0) is 36.2 Å². The number of piperazine rings is 1. The molecule has 2 aromatic carbocycles. The summed E-state index contributed by atoms with van der Waals surface area (Å²) in [5.74, 6) is -0.338. The van der Waals surface area contributed by atoms with Crippen LogP contribution < -0.4 is 0 Å². The quantitative estimate of drug-likeness (QED) is 0.761. The fraction of sp³-hybridized carbons (Fsp3) is 0.316. The second-order valence-electron chi connectivity index (χ2n) is 6.34. The Hall–Kier alpha value is -1.96. The summed E-state index contributed by atoms with van der Waals surface area (Å²) < 4.78 is 39.7. The topological polar surface area (TPSA) is 57.7 Å². The van der Waals surface area contributed by atoms with Crippen LogP contribution in [0.2, 0.25) is 5.02 Å². The first-order chi connectivity index (χ1) is 12.9. The Kier molecular flexibility index (Phi) is 6.14. The van der Waals surface area contributed by atoms with Crippen LogP contribution in [0.5, 0.6) is 0 Å². The van der Waals surface area contributed by atoms with Crippen molar-refractivity contribution in [2.75, 3.05) is 26.2 Å². The van der Waals surface area contributed by atoms with Gasteiger partial charge in [0, 0.05) is 32.6 Å². The molecule has 0 unspecified atom stereocenters. The van der Waals surface area contributed by atoms with Gasteiger partial charge >= 0.3 is 0 Å². The Morgan fingerprint density at radius 3 is 2.26 bits per heavy atom. The second-order valence-corrected chi connectivity index (χ2v) is 8.66. The highest BCUT2D eigenvalue weighted by atomic mass is 35.5. The normalized spacial score (nSPS) is 15.7. The van der Waals surface area contributed by atoms with Crippen LogP contribution in [0.3, 0.4) is 0 Å². The summed E-state index contributed by atoms with van der Waals surface area (Å²) >= 11 is 6.02. The smallest absolute Gasteiger partial charge is 0.244 e. The maximum Gasteiger partial charge on any atom is 0.244 e. The molecule has 27 heavy (non-hydrogen) atoms. The number of carbonyl (C=O) groups is 1. The summed E-state index contributed by atoms with van der Waals surface area (Å²) in [4.78, 5) is 14.1. The van der Waals surface area contributed by atoms with Gasteiger partial charge in [-0.15, -0.1) is 0 Å². The summed E-state index contributed by atoms with van der Waals surface area (Å²) in [6.07, 6.45) is 0.833. The average molecular weight is 411 g/mol. The number of halogens is 2. The fourth-order valence-electron chi connectivity index (χ4n) is 3.03. The van der Waals surface area contributed by atoms with Crippen molar-refractivity contribution in [1.29, 1.82) is 0 Å². The third-order valence-electron chi connectivity index (χ3n) is 4.59. The van der Waals surface area contributed by atoms with Gasteiger partial charge in [0.1, 0.15) is 10.7 Å². The zero-order chi connectivity index (χ0) is 19.4. The lowest BCUT2D eigenvalue weighted by Crippen LogP contribution is -2.50. The van der Waals surface area contributed by atoms with Gasteiger partial charge < -0.3 is 4.90 Å². The standard InChI is InChI=1S/C19H20ClFN2O3S/c20-17-3-1-2-4-18(17)27(25,26)23-13-11-22(12-14-23)19(24)10-7-15-5-8-16(21)9-6-15/h1-6,8-9H,7,10-14H2. The van der Waals surface area contributed by atoms with Crippen molar-refractivity contribution in [2.45, 2.75) is 17.7 Å². The van der Waals surface area contributed by atoms with Crippen molar-refractivity contribution < 1.29 is 17.6 Å². The highest BCUT2D eigenvalue weighted by Crippen LogP contribution is 2.25. The number of sulfonamides is 1. The van der Waals surface area contributed by atoms with Crippen molar-refractivity contribution in [3.63, 3.8) is 0 Å². The van der Waals surface area contributed by atoms with Gasteiger partial charge in [0.15, 0.2) is 0 Å². The fourth-order valence-corrected chi connectivity index (χ4v) is 4.95. The van der Waals surface area contributed by atoms with Crippen LogP contribution in [0.4, 0.5) is 4.39 Å². The molecule has 0 atom stereocenters. The minimum absolute atomic E-state index is 0.0332. The molecule has 1 heterocycles. The van der Waals surface area contributed by atoms with Gasteiger partial charge in [0.25, 0.3) is 0 Å². The Bertz CT molecular complexity index is 911. The lowest BCUT2D eigenvalue weighted by Gasteiger charge is -2.34. The Morgan fingerprint density at radius 1 is 1.00 bits per heavy atom. The van der Waals surface area contributed by atoms with E-state index < -0.39 is 10.0 Å². The number of amides is 1. The summed E-state index contributed by atoms with van der Waals surface area (Å²) in [6.45, 7) is 1.14. The van der Waals surface area contributed by atoms with Crippen LogP contribution >= 0.6 is 11.6 Å². The number of rotatable bonds is 5. The molecule has 1 saturated heterocycles. The molecule has 1 aliphatic rings. The largest absolute Gasteiger partial charge is 0.340 e. The summed E-state index contributed by atoms with van der Waals surface area (Å²) in [5.41, 5.74) is 0.893. The van der Waals surface area contributed by atoms with Gasteiger partial charge in [0.05, 0.1) is 5.02 Å². The molecule has 0 N–H and O–H groups in total. The monoisotopic (exact) mass is 410 g/mol. The van der Waals surface area contributed by atoms with E-state index >= 15 is 0 Å². The lowest BCUT2D eigenvalue weighted by molar-refractivity contribution is -0.132. The predicted octanol–water partition coefficient (Wildman–Crippen LogP) is 2.94. The minimum Gasteiger partial charge on any atom is -0.340 e. The van der Waals surface area contributed by atoms with E-state index in [1.807, 2.05) is 0 Å². The number of aryl methyl sites for hydroxylation is 1. The van der Waals surface area contributed by atoms with E-state index in [0.29, 0.717) is 25.9 Å². The van der Waals surface area contributed by atoms with Gasteiger partial charge in [-0.3, -0.25) is 4.79 Å². The maximum absolute atomic E-state index is 12.9. The third kappa shape index (κ3) is 4.66. The molecule has 0 bridgehead atoms. The van der Waals surface area contributed by atoms with Crippen LogP contribution in [0.1, 0.15) is 12.0 Å². The zero-order valence-corrected chi connectivity index (χ0v) is 16.2. The highest BCUT2D eigenvalue weighted by Gasteiger charge is 2.31. The number of carbonyl (C=O) groups excluding carboxylic acids is 1. The molecule has 144 valence electrons. The third-order valence-corrected chi connectivity index (χ3v) is 6.99. The predicted molar refractivity (Wildman–Crippen MR) is 102 cm³/mol. The van der Waals surface area contributed by atoms with Gasteiger partial charge in [-0.25, -0.2) is 12.8 Å². The number of hydrogen-bond donors (Lipinski definition) is 0. The molecule has 0 aromatic heterocycles. The average Bonchev–Trinajstić information content (AvgIpc) is 2.67. The minimum atomic E-state index is -3.67. The van der Waals surface area contributed by atoms with Crippen molar-refractivity contribution in [3.8, 4) is 0 Å². The van der Waals surface area contributed by atoms with E-state index in [1.165, 1.54) is 22.5 Å². The SMILES string of the molecule is O=C(CCc1ccc(F)cc1)N1CCN(S(=O)(=O)c2ccccc2Cl)CC1. The molecular formula is C19H20ClFN2O3S. The molecular weight excluding hydrogens is 391 g/mol. The summed E-state index contributed by atoms with van der Waals surface area (Å²) in [5, 5.41) is 0.190.